The van der Waals surface area contributed by atoms with Crippen molar-refractivity contribution < 1.29 is 4.79 Å². The van der Waals surface area contributed by atoms with Crippen LogP contribution in [0.2, 0.25) is 0 Å². The van der Waals surface area contributed by atoms with Gasteiger partial charge in [-0.3, -0.25) is 4.79 Å². The molecule has 0 radical (unpaired) electrons. The Kier molecular flexibility index (Phi) is 4.38. The Labute approximate surface area is 122 Å². The summed E-state index contributed by atoms with van der Waals surface area (Å²) in [6.07, 6.45) is 0. The largest absolute Gasteiger partial charge is 0.348 e. The molecule has 0 heterocycles. The summed E-state index contributed by atoms with van der Waals surface area (Å²) >= 11 is 3.44. The zero-order valence-electron chi connectivity index (χ0n) is 11.0. The van der Waals surface area contributed by atoms with Gasteiger partial charge in [-0.2, -0.15) is 0 Å². The van der Waals surface area contributed by atoms with Crippen LogP contribution >= 0.6 is 15.9 Å². The molecule has 0 fully saturated rings. The second-order valence-corrected chi connectivity index (χ2v) is 5.44. The number of hydrogen-bond donors (Lipinski definition) is 1. The maximum absolute atomic E-state index is 12.1. The SMILES string of the molecule is Cc1cccc(CNC(=O)c2cccc(Br)c2C)c1. The van der Waals surface area contributed by atoms with Crippen molar-refractivity contribution in [3.63, 3.8) is 0 Å². The Hall–Kier alpha value is -1.61. The van der Waals surface area contributed by atoms with E-state index < -0.39 is 0 Å². The Morgan fingerprint density at radius 3 is 2.63 bits per heavy atom. The third-order valence-corrected chi connectivity index (χ3v) is 3.91. The molecule has 1 amide bonds. The first-order chi connectivity index (χ1) is 9.08. The summed E-state index contributed by atoms with van der Waals surface area (Å²) in [5.41, 5.74) is 3.98. The molecule has 0 saturated carbocycles. The summed E-state index contributed by atoms with van der Waals surface area (Å²) in [6, 6.07) is 13.8. The molecule has 0 spiro atoms. The van der Waals surface area contributed by atoms with Crippen LogP contribution in [0.4, 0.5) is 0 Å². The molecular weight excluding hydrogens is 302 g/mol. The third kappa shape index (κ3) is 3.44. The highest BCUT2D eigenvalue weighted by Crippen LogP contribution is 2.19. The zero-order chi connectivity index (χ0) is 13.8. The maximum Gasteiger partial charge on any atom is 0.251 e. The second kappa shape index (κ2) is 6.02. The Balaban J connectivity index is 2.08. The molecule has 0 aliphatic rings. The van der Waals surface area contributed by atoms with E-state index in [0.717, 1.165) is 15.6 Å². The molecule has 0 saturated heterocycles. The Bertz CT molecular complexity index is 607. The summed E-state index contributed by atoms with van der Waals surface area (Å²) in [5.74, 6) is -0.0414. The van der Waals surface area contributed by atoms with Crippen molar-refractivity contribution in [2.45, 2.75) is 20.4 Å². The molecule has 0 bridgehead atoms. The van der Waals surface area contributed by atoms with E-state index in [1.807, 2.05) is 50.2 Å². The average molecular weight is 318 g/mol. The van der Waals surface area contributed by atoms with E-state index in [1.165, 1.54) is 5.56 Å². The fourth-order valence-corrected chi connectivity index (χ4v) is 2.32. The number of aryl methyl sites for hydroxylation is 1. The molecule has 0 atom stereocenters. The first kappa shape index (κ1) is 13.8. The van der Waals surface area contributed by atoms with Gasteiger partial charge < -0.3 is 5.32 Å². The van der Waals surface area contributed by atoms with Crippen LogP contribution in [0.5, 0.6) is 0 Å². The minimum atomic E-state index is -0.0414. The van der Waals surface area contributed by atoms with Gasteiger partial charge >= 0.3 is 0 Å². The highest BCUT2D eigenvalue weighted by Gasteiger charge is 2.10. The van der Waals surface area contributed by atoms with Crippen molar-refractivity contribution >= 4 is 21.8 Å². The van der Waals surface area contributed by atoms with Gasteiger partial charge in [0.2, 0.25) is 0 Å². The fourth-order valence-electron chi connectivity index (χ4n) is 1.95. The summed E-state index contributed by atoms with van der Waals surface area (Å²) in [4.78, 5) is 12.1. The van der Waals surface area contributed by atoms with Gasteiger partial charge in [-0.25, -0.2) is 0 Å². The van der Waals surface area contributed by atoms with E-state index >= 15 is 0 Å². The van der Waals surface area contributed by atoms with Crippen LogP contribution < -0.4 is 5.32 Å². The van der Waals surface area contributed by atoms with Crippen molar-refractivity contribution in [2.75, 3.05) is 0 Å². The number of halogens is 1. The van der Waals surface area contributed by atoms with Crippen molar-refractivity contribution in [1.29, 1.82) is 0 Å². The number of benzene rings is 2. The molecule has 98 valence electrons. The number of amides is 1. The number of carbonyl (C=O) groups excluding carboxylic acids is 1. The third-order valence-electron chi connectivity index (χ3n) is 3.05. The molecule has 1 N–H and O–H groups in total. The molecule has 2 aromatic carbocycles. The fraction of sp³-hybridized carbons (Fsp3) is 0.188. The van der Waals surface area contributed by atoms with Crippen LogP contribution in [0.25, 0.3) is 0 Å². The first-order valence-electron chi connectivity index (χ1n) is 6.17. The van der Waals surface area contributed by atoms with Gasteiger partial charge in [0.15, 0.2) is 0 Å². The average Bonchev–Trinajstić information content (AvgIpc) is 2.39. The number of hydrogen-bond acceptors (Lipinski definition) is 1. The molecule has 19 heavy (non-hydrogen) atoms. The first-order valence-corrected chi connectivity index (χ1v) is 6.96. The van der Waals surface area contributed by atoms with Crippen LogP contribution in [-0.2, 0) is 6.54 Å². The molecule has 0 aliphatic heterocycles. The number of nitrogens with one attached hydrogen (secondary N) is 1. The summed E-state index contributed by atoms with van der Waals surface area (Å²) < 4.78 is 0.954. The molecule has 2 aromatic rings. The normalized spacial score (nSPS) is 10.3. The quantitative estimate of drug-likeness (QED) is 0.911. The van der Waals surface area contributed by atoms with E-state index in [2.05, 4.69) is 27.3 Å². The van der Waals surface area contributed by atoms with Crippen LogP contribution in [0.3, 0.4) is 0 Å². The summed E-state index contributed by atoms with van der Waals surface area (Å²) in [5, 5.41) is 2.95. The van der Waals surface area contributed by atoms with E-state index in [0.29, 0.717) is 12.1 Å². The highest BCUT2D eigenvalue weighted by atomic mass is 79.9. The molecule has 0 unspecified atom stereocenters. The van der Waals surface area contributed by atoms with Crippen LogP contribution in [-0.4, -0.2) is 5.91 Å². The lowest BCUT2D eigenvalue weighted by Crippen LogP contribution is -2.23. The monoisotopic (exact) mass is 317 g/mol. The van der Waals surface area contributed by atoms with Crippen LogP contribution in [0.1, 0.15) is 27.0 Å². The topological polar surface area (TPSA) is 29.1 Å². The predicted molar refractivity (Wildman–Crippen MR) is 81.2 cm³/mol. The molecular formula is C16H16BrNO. The minimum absolute atomic E-state index is 0.0414. The van der Waals surface area contributed by atoms with E-state index in [4.69, 9.17) is 0 Å². The lowest BCUT2D eigenvalue weighted by atomic mass is 10.1. The smallest absolute Gasteiger partial charge is 0.251 e. The van der Waals surface area contributed by atoms with Gasteiger partial charge in [0, 0.05) is 16.6 Å². The van der Waals surface area contributed by atoms with Crippen LogP contribution in [0.15, 0.2) is 46.9 Å². The zero-order valence-corrected chi connectivity index (χ0v) is 12.6. The summed E-state index contributed by atoms with van der Waals surface area (Å²) in [7, 11) is 0. The Morgan fingerprint density at radius 1 is 1.16 bits per heavy atom. The molecule has 0 aliphatic carbocycles. The summed E-state index contributed by atoms with van der Waals surface area (Å²) in [6.45, 7) is 4.53. The maximum atomic E-state index is 12.1. The Morgan fingerprint density at radius 2 is 1.89 bits per heavy atom. The van der Waals surface area contributed by atoms with Crippen molar-refractivity contribution in [3.05, 3.63) is 69.2 Å². The van der Waals surface area contributed by atoms with Gasteiger partial charge in [0.05, 0.1) is 0 Å². The van der Waals surface area contributed by atoms with Gasteiger partial charge in [-0.1, -0.05) is 51.8 Å². The van der Waals surface area contributed by atoms with Gasteiger partial charge in [-0.05, 0) is 37.1 Å². The molecule has 3 heteroatoms. The van der Waals surface area contributed by atoms with Gasteiger partial charge in [0.1, 0.15) is 0 Å². The molecule has 2 rings (SSSR count). The van der Waals surface area contributed by atoms with E-state index in [-0.39, 0.29) is 5.91 Å². The van der Waals surface area contributed by atoms with Gasteiger partial charge in [-0.15, -0.1) is 0 Å². The van der Waals surface area contributed by atoms with E-state index in [9.17, 15) is 4.79 Å². The predicted octanol–water partition coefficient (Wildman–Crippen LogP) is 4.00. The van der Waals surface area contributed by atoms with Crippen molar-refractivity contribution in [3.8, 4) is 0 Å². The van der Waals surface area contributed by atoms with Crippen LogP contribution in [0, 0.1) is 13.8 Å². The standard InChI is InChI=1S/C16H16BrNO/c1-11-5-3-6-13(9-11)10-18-16(19)14-7-4-8-15(17)12(14)2/h3-9H,10H2,1-2H3,(H,18,19). The highest BCUT2D eigenvalue weighted by molar-refractivity contribution is 9.10. The number of rotatable bonds is 3. The van der Waals surface area contributed by atoms with Crippen molar-refractivity contribution in [2.24, 2.45) is 0 Å². The number of carbonyl (C=O) groups is 1. The van der Waals surface area contributed by atoms with Crippen molar-refractivity contribution in [1.82, 2.24) is 5.32 Å². The van der Waals surface area contributed by atoms with Gasteiger partial charge in [0.25, 0.3) is 5.91 Å². The second-order valence-electron chi connectivity index (χ2n) is 4.58. The lowest BCUT2D eigenvalue weighted by molar-refractivity contribution is 0.0950. The molecule has 2 nitrogen and oxygen atoms in total. The molecule has 0 aromatic heterocycles. The van der Waals surface area contributed by atoms with E-state index in [1.54, 1.807) is 0 Å². The lowest BCUT2D eigenvalue weighted by Gasteiger charge is -2.09. The minimum Gasteiger partial charge on any atom is -0.348 e.